The summed E-state index contributed by atoms with van der Waals surface area (Å²) in [4.78, 5) is 26.3. The van der Waals surface area contributed by atoms with Gasteiger partial charge in [-0.15, -0.1) is 11.3 Å². The molecular weight excluding hydrogens is 316 g/mol. The van der Waals surface area contributed by atoms with E-state index in [2.05, 4.69) is 16.5 Å². The topological polar surface area (TPSA) is 99.2 Å². The predicted octanol–water partition coefficient (Wildman–Crippen LogP) is 2.07. The molecule has 3 heterocycles. The van der Waals surface area contributed by atoms with Gasteiger partial charge in [-0.3, -0.25) is 9.59 Å². The molecule has 0 aromatic carbocycles. The molecule has 0 fully saturated rings. The first-order chi connectivity index (χ1) is 11.0. The molecule has 7 nitrogen and oxygen atoms in total. The first-order valence-electron chi connectivity index (χ1n) is 7.04. The van der Waals surface area contributed by atoms with Crippen LogP contribution >= 0.6 is 11.3 Å². The number of carbonyl (C=O) groups excluding carboxylic acids is 2. The Labute approximate surface area is 136 Å². The number of nitrogens with one attached hydrogen (secondary N) is 1. The molecule has 1 aliphatic rings. The van der Waals surface area contributed by atoms with Crippen molar-refractivity contribution >= 4 is 28.2 Å². The third-order valence-electron chi connectivity index (χ3n) is 3.69. The van der Waals surface area contributed by atoms with E-state index in [9.17, 15) is 14.9 Å². The Balaban J connectivity index is 1.88. The molecule has 0 radical (unpaired) electrons. The molecule has 3 rings (SSSR count). The van der Waals surface area contributed by atoms with Crippen LogP contribution in [0.25, 0.3) is 0 Å². The Kier molecular flexibility index (Phi) is 3.88. The van der Waals surface area contributed by atoms with E-state index < -0.39 is 5.91 Å². The van der Waals surface area contributed by atoms with Gasteiger partial charge in [-0.2, -0.15) is 5.26 Å². The fraction of sp³-hybridized carbons (Fsp3) is 0.333. The van der Waals surface area contributed by atoms with Crippen LogP contribution in [0.4, 0.5) is 5.00 Å². The standard InChI is InChI=1S/C15H14N4O3S/c1-8-5-12(22-18-8)14(21)17-15-11(6-16)10-3-4-19(9(2)20)7-13(10)23-15/h5H,3-4,7H2,1-2H3,(H,17,21). The van der Waals surface area contributed by atoms with E-state index >= 15 is 0 Å². The molecule has 8 heteroatoms. The molecule has 2 aromatic heterocycles. The Bertz CT molecular complexity index is 830. The van der Waals surface area contributed by atoms with Crippen molar-refractivity contribution < 1.29 is 14.1 Å². The molecule has 118 valence electrons. The van der Waals surface area contributed by atoms with Crippen molar-refractivity contribution in [2.24, 2.45) is 0 Å². The highest BCUT2D eigenvalue weighted by Crippen LogP contribution is 2.36. The van der Waals surface area contributed by atoms with Crippen LogP contribution in [0.1, 0.15) is 39.2 Å². The van der Waals surface area contributed by atoms with Gasteiger partial charge in [0.2, 0.25) is 11.7 Å². The van der Waals surface area contributed by atoms with Crippen LogP contribution in [0.15, 0.2) is 10.6 Å². The number of rotatable bonds is 2. The Morgan fingerprint density at radius 3 is 2.91 bits per heavy atom. The number of fused-ring (bicyclic) bond motifs is 1. The lowest BCUT2D eigenvalue weighted by molar-refractivity contribution is -0.129. The van der Waals surface area contributed by atoms with Gasteiger partial charge in [0.15, 0.2) is 0 Å². The third-order valence-corrected chi connectivity index (χ3v) is 4.83. The molecule has 0 saturated heterocycles. The molecule has 0 atom stereocenters. The number of thiophene rings is 1. The summed E-state index contributed by atoms with van der Waals surface area (Å²) >= 11 is 1.33. The lowest BCUT2D eigenvalue weighted by atomic mass is 10.0. The zero-order chi connectivity index (χ0) is 16.6. The van der Waals surface area contributed by atoms with Crippen molar-refractivity contribution in [1.82, 2.24) is 10.1 Å². The van der Waals surface area contributed by atoms with Gasteiger partial charge >= 0.3 is 0 Å². The Morgan fingerprint density at radius 2 is 2.30 bits per heavy atom. The fourth-order valence-electron chi connectivity index (χ4n) is 2.51. The predicted molar refractivity (Wildman–Crippen MR) is 83.0 cm³/mol. The number of aromatic nitrogens is 1. The fourth-order valence-corrected chi connectivity index (χ4v) is 3.72. The molecule has 2 aromatic rings. The summed E-state index contributed by atoms with van der Waals surface area (Å²) in [5.41, 5.74) is 2.00. The number of nitrogens with zero attached hydrogens (tertiary/aromatic N) is 3. The maximum atomic E-state index is 12.2. The van der Waals surface area contributed by atoms with Gasteiger partial charge in [0, 0.05) is 24.4 Å². The quantitative estimate of drug-likeness (QED) is 0.908. The lowest BCUT2D eigenvalue weighted by Crippen LogP contribution is -2.33. The van der Waals surface area contributed by atoms with Gasteiger partial charge in [-0.05, 0) is 18.9 Å². The maximum absolute atomic E-state index is 12.2. The van der Waals surface area contributed by atoms with E-state index in [1.165, 1.54) is 24.3 Å². The molecule has 0 spiro atoms. The van der Waals surface area contributed by atoms with Crippen molar-refractivity contribution in [2.75, 3.05) is 11.9 Å². The maximum Gasteiger partial charge on any atom is 0.294 e. The number of aryl methyl sites for hydroxylation is 1. The number of nitriles is 1. The second-order valence-electron chi connectivity index (χ2n) is 5.30. The Hall–Kier alpha value is -2.66. The number of amides is 2. The molecule has 1 aliphatic heterocycles. The molecule has 23 heavy (non-hydrogen) atoms. The van der Waals surface area contributed by atoms with Crippen LogP contribution < -0.4 is 5.32 Å². The molecule has 1 N–H and O–H groups in total. The monoisotopic (exact) mass is 330 g/mol. The van der Waals surface area contributed by atoms with Gasteiger partial charge in [-0.1, -0.05) is 5.16 Å². The zero-order valence-corrected chi connectivity index (χ0v) is 13.5. The number of carbonyl (C=O) groups is 2. The van der Waals surface area contributed by atoms with Gasteiger partial charge in [0.25, 0.3) is 5.91 Å². The summed E-state index contributed by atoms with van der Waals surface area (Å²) in [6, 6.07) is 3.69. The molecular formula is C15H14N4O3S. The minimum atomic E-state index is -0.441. The molecule has 0 bridgehead atoms. The van der Waals surface area contributed by atoms with Crippen LogP contribution in [-0.2, 0) is 17.8 Å². The number of hydrogen-bond donors (Lipinski definition) is 1. The van der Waals surface area contributed by atoms with Gasteiger partial charge < -0.3 is 14.7 Å². The average molecular weight is 330 g/mol. The van der Waals surface area contributed by atoms with Crippen LogP contribution in [0.2, 0.25) is 0 Å². The number of anilines is 1. The summed E-state index contributed by atoms with van der Waals surface area (Å²) in [6.45, 7) is 4.31. The van der Waals surface area contributed by atoms with E-state index in [1.807, 2.05) is 0 Å². The summed E-state index contributed by atoms with van der Waals surface area (Å²) in [5, 5.41) is 16.3. The molecule has 0 aliphatic carbocycles. The highest BCUT2D eigenvalue weighted by Gasteiger charge is 2.26. The largest absolute Gasteiger partial charge is 0.351 e. The highest BCUT2D eigenvalue weighted by molar-refractivity contribution is 7.16. The summed E-state index contributed by atoms with van der Waals surface area (Å²) in [5.74, 6) is -0.336. The lowest BCUT2D eigenvalue weighted by Gasteiger charge is -2.25. The van der Waals surface area contributed by atoms with E-state index in [-0.39, 0.29) is 11.7 Å². The van der Waals surface area contributed by atoms with Crippen molar-refractivity contribution in [3.63, 3.8) is 0 Å². The Morgan fingerprint density at radius 1 is 1.52 bits per heavy atom. The van der Waals surface area contributed by atoms with E-state index in [4.69, 9.17) is 4.52 Å². The van der Waals surface area contributed by atoms with Gasteiger partial charge in [0.1, 0.15) is 11.1 Å². The summed E-state index contributed by atoms with van der Waals surface area (Å²) in [6.07, 6.45) is 0.617. The normalized spacial score (nSPS) is 13.3. The van der Waals surface area contributed by atoms with Crippen molar-refractivity contribution in [3.05, 3.63) is 33.5 Å². The van der Waals surface area contributed by atoms with E-state index in [0.29, 0.717) is 35.8 Å². The van der Waals surface area contributed by atoms with Crippen LogP contribution in [-0.4, -0.2) is 28.4 Å². The minimum absolute atomic E-state index is 0.00489. The van der Waals surface area contributed by atoms with Crippen LogP contribution in [0.5, 0.6) is 0 Å². The summed E-state index contributed by atoms with van der Waals surface area (Å²) in [7, 11) is 0. The van der Waals surface area contributed by atoms with E-state index in [0.717, 1.165) is 10.4 Å². The zero-order valence-electron chi connectivity index (χ0n) is 12.7. The van der Waals surface area contributed by atoms with Gasteiger partial charge in [-0.25, -0.2) is 0 Å². The second-order valence-corrected chi connectivity index (χ2v) is 6.40. The smallest absolute Gasteiger partial charge is 0.294 e. The number of hydrogen-bond acceptors (Lipinski definition) is 6. The average Bonchev–Trinajstić information content (AvgIpc) is 3.09. The van der Waals surface area contributed by atoms with Crippen molar-refractivity contribution in [3.8, 4) is 6.07 Å². The molecule has 0 unspecified atom stereocenters. The van der Waals surface area contributed by atoms with Crippen LogP contribution in [0, 0.1) is 18.3 Å². The second kappa shape index (κ2) is 5.85. The first kappa shape index (κ1) is 15.2. The SMILES string of the molecule is CC(=O)N1CCc2c(sc(NC(=O)c3cc(C)no3)c2C#N)C1. The molecule has 2 amide bonds. The molecule has 0 saturated carbocycles. The highest BCUT2D eigenvalue weighted by atomic mass is 32.1. The summed E-state index contributed by atoms with van der Waals surface area (Å²) < 4.78 is 4.93. The van der Waals surface area contributed by atoms with Crippen LogP contribution in [0.3, 0.4) is 0 Å². The van der Waals surface area contributed by atoms with Crippen molar-refractivity contribution in [2.45, 2.75) is 26.8 Å². The third kappa shape index (κ3) is 2.83. The van der Waals surface area contributed by atoms with Gasteiger partial charge in [0.05, 0.1) is 17.8 Å². The first-order valence-corrected chi connectivity index (χ1v) is 7.86. The van der Waals surface area contributed by atoms with E-state index in [1.54, 1.807) is 11.8 Å². The van der Waals surface area contributed by atoms with Crippen molar-refractivity contribution in [1.29, 1.82) is 5.26 Å². The minimum Gasteiger partial charge on any atom is -0.351 e.